The monoisotopic (exact) mass is 207 g/mol. The Bertz CT molecular complexity index is 396. The van der Waals surface area contributed by atoms with Gasteiger partial charge in [-0.25, -0.2) is 0 Å². The molecule has 0 spiro atoms. The Hall–Kier alpha value is -1.47. The van der Waals surface area contributed by atoms with Gasteiger partial charge in [-0.05, 0) is 18.1 Å². The third-order valence-corrected chi connectivity index (χ3v) is 2.22. The largest absolute Gasteiger partial charge is 0.481 e. The van der Waals surface area contributed by atoms with Gasteiger partial charge in [0.05, 0.1) is 5.56 Å². The standard InChI is InChI=1S/C10H9NO2S/c11-6-8-7(4-5-10(12)13)2-1-3-9(8)14/h1-3,14H,4-5H2,(H,12,13). The third-order valence-electron chi connectivity index (χ3n) is 1.85. The fourth-order valence-electron chi connectivity index (χ4n) is 1.17. The highest BCUT2D eigenvalue weighted by Gasteiger charge is 2.06. The van der Waals surface area contributed by atoms with Gasteiger partial charge in [0.15, 0.2) is 0 Å². The van der Waals surface area contributed by atoms with Gasteiger partial charge in [0.1, 0.15) is 6.07 Å². The van der Waals surface area contributed by atoms with E-state index in [1.807, 2.05) is 6.07 Å². The molecular weight excluding hydrogens is 198 g/mol. The predicted molar refractivity (Wildman–Crippen MR) is 54.4 cm³/mol. The maximum atomic E-state index is 10.4. The van der Waals surface area contributed by atoms with Crippen molar-refractivity contribution in [3.8, 4) is 6.07 Å². The van der Waals surface area contributed by atoms with Crippen LogP contribution in [0.3, 0.4) is 0 Å². The van der Waals surface area contributed by atoms with Gasteiger partial charge in [0.25, 0.3) is 0 Å². The Morgan fingerprint density at radius 2 is 2.29 bits per heavy atom. The number of rotatable bonds is 3. The molecule has 14 heavy (non-hydrogen) atoms. The van der Waals surface area contributed by atoms with Crippen molar-refractivity contribution in [1.82, 2.24) is 0 Å². The van der Waals surface area contributed by atoms with E-state index in [-0.39, 0.29) is 6.42 Å². The second kappa shape index (κ2) is 4.68. The molecule has 1 rings (SSSR count). The number of aryl methyl sites for hydroxylation is 1. The molecule has 0 atom stereocenters. The Balaban J connectivity index is 2.92. The van der Waals surface area contributed by atoms with Gasteiger partial charge in [-0.15, -0.1) is 12.6 Å². The van der Waals surface area contributed by atoms with Crippen molar-refractivity contribution in [1.29, 1.82) is 5.26 Å². The quantitative estimate of drug-likeness (QED) is 0.744. The number of carboxylic acid groups (broad SMARTS) is 1. The summed E-state index contributed by atoms with van der Waals surface area (Å²) in [4.78, 5) is 10.9. The van der Waals surface area contributed by atoms with Crippen LogP contribution < -0.4 is 0 Å². The summed E-state index contributed by atoms with van der Waals surface area (Å²) in [5.74, 6) is -0.863. The van der Waals surface area contributed by atoms with Crippen LogP contribution in [0.5, 0.6) is 0 Å². The van der Waals surface area contributed by atoms with Crippen LogP contribution in [0.2, 0.25) is 0 Å². The minimum absolute atomic E-state index is 0.0336. The molecule has 0 bridgehead atoms. The topological polar surface area (TPSA) is 61.1 Å². The molecule has 0 amide bonds. The molecule has 72 valence electrons. The van der Waals surface area contributed by atoms with Crippen LogP contribution in [-0.4, -0.2) is 11.1 Å². The summed E-state index contributed by atoms with van der Waals surface area (Å²) in [5.41, 5.74) is 1.21. The fourth-order valence-corrected chi connectivity index (χ4v) is 1.45. The fraction of sp³-hybridized carbons (Fsp3) is 0.200. The molecule has 0 heterocycles. The van der Waals surface area contributed by atoms with Crippen molar-refractivity contribution in [2.24, 2.45) is 0 Å². The molecule has 3 nitrogen and oxygen atoms in total. The predicted octanol–water partition coefficient (Wildman–Crippen LogP) is 1.86. The number of aliphatic carboxylic acids is 1. The average Bonchev–Trinajstić information content (AvgIpc) is 2.14. The highest BCUT2D eigenvalue weighted by molar-refractivity contribution is 7.80. The number of carbonyl (C=O) groups is 1. The molecule has 0 radical (unpaired) electrons. The summed E-state index contributed by atoms with van der Waals surface area (Å²) in [6.07, 6.45) is 0.401. The van der Waals surface area contributed by atoms with Crippen molar-refractivity contribution < 1.29 is 9.90 Å². The zero-order valence-electron chi connectivity index (χ0n) is 7.40. The molecule has 1 aromatic carbocycles. The Morgan fingerprint density at radius 3 is 2.86 bits per heavy atom. The minimum atomic E-state index is -0.863. The Kier molecular flexibility index (Phi) is 3.55. The molecule has 4 heteroatoms. The van der Waals surface area contributed by atoms with E-state index in [0.29, 0.717) is 16.9 Å². The molecule has 0 aliphatic rings. The van der Waals surface area contributed by atoms with E-state index in [4.69, 9.17) is 10.4 Å². The molecule has 1 aromatic rings. The van der Waals surface area contributed by atoms with Crippen molar-refractivity contribution in [3.63, 3.8) is 0 Å². The Morgan fingerprint density at radius 1 is 1.57 bits per heavy atom. The lowest BCUT2D eigenvalue weighted by atomic mass is 10.0. The summed E-state index contributed by atoms with van der Waals surface area (Å²) >= 11 is 4.12. The smallest absolute Gasteiger partial charge is 0.303 e. The van der Waals surface area contributed by atoms with Crippen molar-refractivity contribution in [2.75, 3.05) is 0 Å². The van der Waals surface area contributed by atoms with Gasteiger partial charge >= 0.3 is 5.97 Å². The van der Waals surface area contributed by atoms with Crippen LogP contribution in [-0.2, 0) is 11.2 Å². The summed E-state index contributed by atoms with van der Waals surface area (Å²) in [7, 11) is 0. The van der Waals surface area contributed by atoms with Gasteiger partial charge in [-0.2, -0.15) is 5.26 Å². The number of nitriles is 1. The van der Waals surface area contributed by atoms with Crippen molar-refractivity contribution >= 4 is 18.6 Å². The first-order valence-electron chi connectivity index (χ1n) is 4.08. The maximum Gasteiger partial charge on any atom is 0.303 e. The molecule has 1 N–H and O–H groups in total. The van der Waals surface area contributed by atoms with E-state index < -0.39 is 5.97 Å². The third kappa shape index (κ3) is 2.51. The van der Waals surface area contributed by atoms with E-state index >= 15 is 0 Å². The summed E-state index contributed by atoms with van der Waals surface area (Å²) in [5, 5.41) is 17.3. The van der Waals surface area contributed by atoms with Crippen molar-refractivity contribution in [2.45, 2.75) is 17.7 Å². The van der Waals surface area contributed by atoms with E-state index in [2.05, 4.69) is 12.6 Å². The molecule has 0 unspecified atom stereocenters. The first-order valence-corrected chi connectivity index (χ1v) is 4.52. The molecule has 0 aromatic heterocycles. The van der Waals surface area contributed by atoms with Gasteiger partial charge in [0, 0.05) is 11.3 Å². The second-order valence-electron chi connectivity index (χ2n) is 2.82. The van der Waals surface area contributed by atoms with Crippen LogP contribution in [0.4, 0.5) is 0 Å². The molecule has 0 aliphatic heterocycles. The van der Waals surface area contributed by atoms with E-state index in [0.717, 1.165) is 5.56 Å². The van der Waals surface area contributed by atoms with Crippen LogP contribution in [0.15, 0.2) is 23.1 Å². The SMILES string of the molecule is N#Cc1c(S)cccc1CCC(=O)O. The minimum Gasteiger partial charge on any atom is -0.481 e. The molecule has 0 fully saturated rings. The summed E-state index contributed by atoms with van der Waals surface area (Å²) in [6, 6.07) is 7.25. The number of nitrogens with zero attached hydrogens (tertiary/aromatic N) is 1. The zero-order chi connectivity index (χ0) is 10.6. The Labute approximate surface area is 87.4 Å². The van der Waals surface area contributed by atoms with E-state index in [1.165, 1.54) is 0 Å². The molecule has 0 aliphatic carbocycles. The van der Waals surface area contributed by atoms with Crippen LogP contribution in [0.25, 0.3) is 0 Å². The summed E-state index contributed by atoms with van der Waals surface area (Å²) < 4.78 is 0. The molecule has 0 saturated carbocycles. The normalized spacial score (nSPS) is 9.43. The lowest BCUT2D eigenvalue weighted by molar-refractivity contribution is -0.136. The highest BCUT2D eigenvalue weighted by Crippen LogP contribution is 2.18. The first kappa shape index (κ1) is 10.6. The van der Waals surface area contributed by atoms with Crippen LogP contribution in [0, 0.1) is 11.3 Å². The van der Waals surface area contributed by atoms with Crippen LogP contribution in [0.1, 0.15) is 17.5 Å². The van der Waals surface area contributed by atoms with Crippen molar-refractivity contribution in [3.05, 3.63) is 29.3 Å². The number of hydrogen-bond donors (Lipinski definition) is 2. The van der Waals surface area contributed by atoms with E-state index in [9.17, 15) is 4.79 Å². The average molecular weight is 207 g/mol. The number of benzene rings is 1. The lowest BCUT2D eigenvalue weighted by Gasteiger charge is -2.03. The molecule has 0 saturated heterocycles. The highest BCUT2D eigenvalue weighted by atomic mass is 32.1. The van der Waals surface area contributed by atoms with E-state index in [1.54, 1.807) is 18.2 Å². The molecular formula is C10H9NO2S. The number of hydrogen-bond acceptors (Lipinski definition) is 3. The zero-order valence-corrected chi connectivity index (χ0v) is 8.29. The summed E-state index contributed by atoms with van der Waals surface area (Å²) in [6.45, 7) is 0. The number of carboxylic acids is 1. The number of thiol groups is 1. The van der Waals surface area contributed by atoms with Gasteiger partial charge < -0.3 is 5.11 Å². The van der Waals surface area contributed by atoms with Crippen LogP contribution >= 0.6 is 12.6 Å². The maximum absolute atomic E-state index is 10.4. The first-order chi connectivity index (χ1) is 6.65. The lowest BCUT2D eigenvalue weighted by Crippen LogP contribution is -1.99. The van der Waals surface area contributed by atoms with Gasteiger partial charge in [-0.1, -0.05) is 12.1 Å². The second-order valence-corrected chi connectivity index (χ2v) is 3.30. The van der Waals surface area contributed by atoms with Gasteiger partial charge in [-0.3, -0.25) is 4.79 Å². The van der Waals surface area contributed by atoms with Gasteiger partial charge in [0.2, 0.25) is 0 Å².